The molecule has 0 radical (unpaired) electrons. The van der Waals surface area contributed by atoms with Crippen molar-refractivity contribution in [1.82, 2.24) is 0 Å². The number of hydrogen-bond donors (Lipinski definition) is 0. The molecule has 1 atom stereocenters. The smallest absolute Gasteiger partial charge is 0.259 e. The molecule has 0 fully saturated rings. The zero-order valence-electron chi connectivity index (χ0n) is 13.1. The maximum Gasteiger partial charge on any atom is 0.259 e. The van der Waals surface area contributed by atoms with Gasteiger partial charge in [-0.25, -0.2) is 0 Å². The van der Waals surface area contributed by atoms with Gasteiger partial charge in [-0.3, -0.25) is 0 Å². The van der Waals surface area contributed by atoms with E-state index in [-0.39, 0.29) is 0 Å². The van der Waals surface area contributed by atoms with E-state index in [1.165, 1.54) is 20.9 Å². The summed E-state index contributed by atoms with van der Waals surface area (Å²) in [5.74, 6) is 1.34. The fourth-order valence-corrected chi connectivity index (χ4v) is 4.34. The molecule has 2 heterocycles. The van der Waals surface area contributed by atoms with Gasteiger partial charge in [-0.1, -0.05) is 48.2 Å². The molecule has 0 amide bonds. The van der Waals surface area contributed by atoms with Crippen LogP contribution in [0, 0.1) is 0 Å². The van der Waals surface area contributed by atoms with Gasteiger partial charge in [-0.05, 0) is 36.4 Å². The largest absolute Gasteiger partial charge is 0.451 e. The Balaban J connectivity index is 1.40. The summed E-state index contributed by atoms with van der Waals surface area (Å²) in [6.07, 6.45) is 1.60. The lowest BCUT2D eigenvalue weighted by molar-refractivity contribution is -0.0789. The van der Waals surface area contributed by atoms with Crippen molar-refractivity contribution in [3.8, 4) is 11.5 Å². The van der Waals surface area contributed by atoms with Crippen LogP contribution in [0.15, 0.2) is 82.6 Å². The van der Waals surface area contributed by atoms with Gasteiger partial charge >= 0.3 is 0 Å². The van der Waals surface area contributed by atoms with Crippen molar-refractivity contribution in [3.63, 3.8) is 0 Å². The van der Waals surface area contributed by atoms with Crippen molar-refractivity contribution in [2.75, 3.05) is 0 Å². The van der Waals surface area contributed by atoms with E-state index >= 15 is 0 Å². The van der Waals surface area contributed by atoms with Crippen LogP contribution in [-0.4, -0.2) is 5.79 Å². The average molecular weight is 332 g/mol. The van der Waals surface area contributed by atoms with Crippen molar-refractivity contribution in [2.24, 2.45) is 0 Å². The molecule has 24 heavy (non-hydrogen) atoms. The van der Waals surface area contributed by atoms with E-state index in [1.54, 1.807) is 11.8 Å². The van der Waals surface area contributed by atoms with Crippen molar-refractivity contribution in [1.29, 1.82) is 0 Å². The lowest BCUT2D eigenvalue weighted by atomic mass is 10.0. The molecule has 3 heteroatoms. The lowest BCUT2D eigenvalue weighted by Crippen LogP contribution is -2.39. The van der Waals surface area contributed by atoms with Crippen molar-refractivity contribution in [2.45, 2.75) is 28.4 Å². The van der Waals surface area contributed by atoms with Crippen LogP contribution < -0.4 is 9.47 Å². The molecular weight excluding hydrogens is 316 g/mol. The van der Waals surface area contributed by atoms with Gasteiger partial charge in [0.15, 0.2) is 0 Å². The third-order valence-corrected chi connectivity index (χ3v) is 5.49. The van der Waals surface area contributed by atoms with Gasteiger partial charge in [0.25, 0.3) is 5.79 Å². The summed E-state index contributed by atoms with van der Waals surface area (Å²) >= 11 is 1.78. The molecule has 118 valence electrons. The summed E-state index contributed by atoms with van der Waals surface area (Å²) in [5.41, 5.74) is 2.45. The summed E-state index contributed by atoms with van der Waals surface area (Å²) in [6, 6.07) is 25.1. The molecule has 0 bridgehead atoms. The molecule has 1 spiro atoms. The minimum Gasteiger partial charge on any atom is -0.451 e. The lowest BCUT2D eigenvalue weighted by Gasteiger charge is -2.22. The Labute approximate surface area is 145 Å². The fraction of sp³-hybridized carbons (Fsp3) is 0.143. The Morgan fingerprint density at radius 1 is 0.667 bits per heavy atom. The number of para-hydroxylation sites is 1. The summed E-state index contributed by atoms with van der Waals surface area (Å²) < 4.78 is 12.4. The first kappa shape index (κ1) is 14.0. The topological polar surface area (TPSA) is 18.5 Å². The second-order valence-electron chi connectivity index (χ2n) is 6.26. The molecule has 3 aromatic carbocycles. The van der Waals surface area contributed by atoms with E-state index in [4.69, 9.17) is 9.47 Å². The summed E-state index contributed by atoms with van der Waals surface area (Å²) in [5, 5.41) is 0. The maximum atomic E-state index is 6.21. The standard InChI is InChI=1S/C21H16O2S/c1-2-7-17(8-3-1)24-18-10-11-20-16(12-18)14-21(23-20)13-15-6-4-5-9-19(15)22-21/h1-12H,13-14H2. The summed E-state index contributed by atoms with van der Waals surface area (Å²) in [6.45, 7) is 0. The molecule has 0 aromatic heterocycles. The molecule has 3 aromatic rings. The van der Waals surface area contributed by atoms with Crippen LogP contribution in [0.4, 0.5) is 0 Å². The van der Waals surface area contributed by atoms with Crippen molar-refractivity contribution < 1.29 is 9.47 Å². The SMILES string of the molecule is c1ccc(Sc2ccc3c(c2)CC2(Cc4ccccc4O2)O3)cc1. The fourth-order valence-electron chi connectivity index (χ4n) is 3.44. The summed E-state index contributed by atoms with van der Waals surface area (Å²) in [7, 11) is 0. The molecule has 0 aliphatic carbocycles. The molecule has 2 aliphatic heterocycles. The molecular formula is C21H16O2S. The zero-order valence-corrected chi connectivity index (χ0v) is 13.9. The van der Waals surface area contributed by atoms with E-state index < -0.39 is 5.79 Å². The van der Waals surface area contributed by atoms with Crippen molar-refractivity contribution in [3.05, 3.63) is 83.9 Å². The van der Waals surface area contributed by atoms with Gasteiger partial charge in [-0.15, -0.1) is 0 Å². The third-order valence-electron chi connectivity index (χ3n) is 4.49. The highest BCUT2D eigenvalue weighted by Crippen LogP contribution is 2.45. The van der Waals surface area contributed by atoms with E-state index in [9.17, 15) is 0 Å². The van der Waals surface area contributed by atoms with Crippen LogP contribution in [0.5, 0.6) is 11.5 Å². The highest BCUT2D eigenvalue weighted by atomic mass is 32.2. The molecule has 0 saturated carbocycles. The first-order valence-electron chi connectivity index (χ1n) is 8.12. The molecule has 0 N–H and O–H groups in total. The number of benzene rings is 3. The Morgan fingerprint density at radius 2 is 1.38 bits per heavy atom. The van der Waals surface area contributed by atoms with Crippen molar-refractivity contribution >= 4 is 11.8 Å². The molecule has 1 unspecified atom stereocenters. The van der Waals surface area contributed by atoms with Crippen LogP contribution in [0.1, 0.15) is 11.1 Å². The molecule has 2 nitrogen and oxygen atoms in total. The minimum atomic E-state index is -0.554. The van der Waals surface area contributed by atoms with Crippen LogP contribution in [0.2, 0.25) is 0 Å². The maximum absolute atomic E-state index is 6.21. The summed E-state index contributed by atoms with van der Waals surface area (Å²) in [4.78, 5) is 2.48. The molecule has 0 saturated heterocycles. The number of ether oxygens (including phenoxy) is 2. The monoisotopic (exact) mass is 332 g/mol. The Kier molecular flexibility index (Phi) is 3.10. The Bertz CT molecular complexity index is 880. The van der Waals surface area contributed by atoms with Crippen LogP contribution in [0.3, 0.4) is 0 Å². The van der Waals surface area contributed by atoms with Gasteiger partial charge in [0, 0.05) is 20.9 Å². The van der Waals surface area contributed by atoms with E-state index in [0.29, 0.717) is 0 Å². The van der Waals surface area contributed by atoms with Crippen LogP contribution in [0.25, 0.3) is 0 Å². The first-order valence-corrected chi connectivity index (χ1v) is 8.93. The number of fused-ring (bicyclic) bond motifs is 2. The van der Waals surface area contributed by atoms with E-state index in [1.807, 2.05) is 18.2 Å². The predicted octanol–water partition coefficient (Wildman–Crippen LogP) is 5.10. The Morgan fingerprint density at radius 3 is 2.21 bits per heavy atom. The van der Waals surface area contributed by atoms with Crippen LogP contribution in [-0.2, 0) is 12.8 Å². The molecule has 5 rings (SSSR count). The predicted molar refractivity (Wildman–Crippen MR) is 94.8 cm³/mol. The van der Waals surface area contributed by atoms with E-state index in [0.717, 1.165) is 24.3 Å². The first-order chi connectivity index (χ1) is 11.8. The second kappa shape index (κ2) is 5.32. The quantitative estimate of drug-likeness (QED) is 0.650. The van der Waals surface area contributed by atoms with Gasteiger partial charge < -0.3 is 9.47 Å². The second-order valence-corrected chi connectivity index (χ2v) is 7.41. The normalized spacial score (nSPS) is 20.3. The molecule has 2 aliphatic rings. The van der Waals surface area contributed by atoms with Gasteiger partial charge in [-0.2, -0.15) is 0 Å². The van der Waals surface area contributed by atoms with Gasteiger partial charge in [0.05, 0.1) is 12.8 Å². The average Bonchev–Trinajstić information content (AvgIpc) is 3.13. The zero-order chi connectivity index (χ0) is 16.0. The Hall–Kier alpha value is -2.39. The van der Waals surface area contributed by atoms with E-state index in [2.05, 4.69) is 54.6 Å². The minimum absolute atomic E-state index is 0.554. The highest BCUT2D eigenvalue weighted by Gasteiger charge is 2.46. The number of hydrogen-bond acceptors (Lipinski definition) is 3. The third kappa shape index (κ3) is 2.36. The van der Waals surface area contributed by atoms with Gasteiger partial charge in [0.1, 0.15) is 11.5 Å². The van der Waals surface area contributed by atoms with Crippen LogP contribution >= 0.6 is 11.8 Å². The highest BCUT2D eigenvalue weighted by molar-refractivity contribution is 7.99. The van der Waals surface area contributed by atoms with Gasteiger partial charge in [0.2, 0.25) is 0 Å². The number of rotatable bonds is 2.